The number of hydrogen-bond acceptors (Lipinski definition) is 4. The molecule has 0 aliphatic carbocycles. The van der Waals surface area contributed by atoms with Gasteiger partial charge in [-0.1, -0.05) is 18.5 Å². The van der Waals surface area contributed by atoms with Crippen molar-refractivity contribution in [3.8, 4) is 0 Å². The van der Waals surface area contributed by atoms with Crippen LogP contribution in [-0.4, -0.2) is 30.8 Å². The second-order valence-electron chi connectivity index (χ2n) is 4.83. The van der Waals surface area contributed by atoms with E-state index in [0.29, 0.717) is 12.1 Å². The molecule has 0 spiro atoms. The Hall–Kier alpha value is -1.66. The van der Waals surface area contributed by atoms with E-state index in [1.165, 1.54) is 12.1 Å². The number of nitrogens with one attached hydrogen (secondary N) is 1. The van der Waals surface area contributed by atoms with E-state index in [4.69, 9.17) is 15.7 Å². The molecule has 0 aromatic heterocycles. The van der Waals surface area contributed by atoms with Gasteiger partial charge < -0.3 is 21.0 Å². The van der Waals surface area contributed by atoms with Crippen LogP contribution in [0, 0.1) is 5.82 Å². The van der Waals surface area contributed by atoms with Crippen molar-refractivity contribution in [3.63, 3.8) is 0 Å². The van der Waals surface area contributed by atoms with Gasteiger partial charge in [0.25, 0.3) is 0 Å². The monoisotopic (exact) mass is 297 g/mol. The molecule has 0 saturated heterocycles. The lowest BCUT2D eigenvalue weighted by atomic mass is 10.1. The van der Waals surface area contributed by atoms with Crippen LogP contribution >= 0.6 is 0 Å². The Morgan fingerprint density at radius 1 is 1.33 bits per heavy atom. The van der Waals surface area contributed by atoms with Crippen LogP contribution in [0.3, 0.4) is 0 Å². The quantitative estimate of drug-likeness (QED) is 0.203. The fourth-order valence-electron chi connectivity index (χ4n) is 1.84. The van der Waals surface area contributed by atoms with Crippen LogP contribution < -0.4 is 11.1 Å². The number of ether oxygens (including phenoxy) is 1. The van der Waals surface area contributed by atoms with Crippen LogP contribution in [0.1, 0.15) is 37.3 Å². The van der Waals surface area contributed by atoms with Gasteiger partial charge in [-0.25, -0.2) is 4.39 Å². The lowest BCUT2D eigenvalue weighted by Gasteiger charge is -2.08. The highest BCUT2D eigenvalue weighted by Gasteiger charge is 2.04. The average molecular weight is 297 g/mol. The second-order valence-corrected chi connectivity index (χ2v) is 4.83. The molecule has 5 nitrogen and oxygen atoms in total. The third-order valence-corrected chi connectivity index (χ3v) is 2.97. The number of benzene rings is 1. The minimum absolute atomic E-state index is 0.0972. The predicted molar refractivity (Wildman–Crippen MR) is 81.0 cm³/mol. The summed E-state index contributed by atoms with van der Waals surface area (Å²) in [4.78, 5) is 0. The molecule has 0 aliphatic heterocycles. The zero-order valence-electron chi connectivity index (χ0n) is 12.4. The van der Waals surface area contributed by atoms with E-state index in [-0.39, 0.29) is 5.84 Å². The van der Waals surface area contributed by atoms with Gasteiger partial charge in [-0.15, -0.1) is 0 Å². The second kappa shape index (κ2) is 10.1. The number of unbranched alkanes of at least 4 members (excludes halogenated alkanes) is 1. The zero-order valence-corrected chi connectivity index (χ0v) is 12.4. The summed E-state index contributed by atoms with van der Waals surface area (Å²) in [5.74, 6) is -0.501. The van der Waals surface area contributed by atoms with E-state index in [1.54, 1.807) is 6.07 Å². The van der Waals surface area contributed by atoms with Crippen molar-refractivity contribution in [2.24, 2.45) is 10.9 Å². The van der Waals surface area contributed by atoms with Gasteiger partial charge in [0.05, 0.1) is 0 Å². The number of halogens is 1. The molecule has 0 unspecified atom stereocenters. The van der Waals surface area contributed by atoms with E-state index >= 15 is 0 Å². The van der Waals surface area contributed by atoms with E-state index in [0.717, 1.165) is 44.6 Å². The molecule has 6 heteroatoms. The molecule has 0 aliphatic rings. The van der Waals surface area contributed by atoms with Crippen molar-refractivity contribution in [1.29, 1.82) is 0 Å². The topological polar surface area (TPSA) is 79.9 Å². The first-order chi connectivity index (χ1) is 10.2. The molecule has 0 atom stereocenters. The Labute approximate surface area is 125 Å². The number of amidine groups is 1. The largest absolute Gasteiger partial charge is 0.409 e. The van der Waals surface area contributed by atoms with Gasteiger partial charge >= 0.3 is 0 Å². The maximum Gasteiger partial charge on any atom is 0.170 e. The summed E-state index contributed by atoms with van der Waals surface area (Å²) in [5, 5.41) is 14.7. The minimum atomic E-state index is -0.404. The normalized spacial score (nSPS) is 11.8. The molecule has 0 bridgehead atoms. The highest BCUT2D eigenvalue weighted by molar-refractivity contribution is 5.97. The summed E-state index contributed by atoms with van der Waals surface area (Å²) in [6, 6.07) is 4.36. The zero-order chi connectivity index (χ0) is 15.5. The van der Waals surface area contributed by atoms with Crippen LogP contribution in [0.4, 0.5) is 4.39 Å². The van der Waals surface area contributed by atoms with Crippen molar-refractivity contribution in [3.05, 3.63) is 35.1 Å². The maximum atomic E-state index is 13.4. The number of nitrogens with zero attached hydrogens (tertiary/aromatic N) is 1. The summed E-state index contributed by atoms with van der Waals surface area (Å²) in [7, 11) is 0. The maximum absolute atomic E-state index is 13.4. The van der Waals surface area contributed by atoms with Gasteiger partial charge in [0.2, 0.25) is 0 Å². The summed E-state index contributed by atoms with van der Waals surface area (Å²) in [6.07, 6.45) is 3.14. The summed E-state index contributed by atoms with van der Waals surface area (Å²) < 4.78 is 18.9. The molecule has 0 saturated carbocycles. The first kappa shape index (κ1) is 17.4. The van der Waals surface area contributed by atoms with Crippen LogP contribution in [0.2, 0.25) is 0 Å². The smallest absolute Gasteiger partial charge is 0.170 e. The molecule has 0 heterocycles. The van der Waals surface area contributed by atoms with Crippen molar-refractivity contribution >= 4 is 5.84 Å². The first-order valence-electron chi connectivity index (χ1n) is 7.23. The highest BCUT2D eigenvalue weighted by atomic mass is 19.1. The Balaban J connectivity index is 2.30. The van der Waals surface area contributed by atoms with Crippen molar-refractivity contribution in [2.45, 2.75) is 32.7 Å². The van der Waals surface area contributed by atoms with Gasteiger partial charge in [0.15, 0.2) is 5.84 Å². The van der Waals surface area contributed by atoms with E-state index < -0.39 is 5.82 Å². The number of oxime groups is 1. The Kier molecular flexibility index (Phi) is 8.38. The Morgan fingerprint density at radius 2 is 2.10 bits per heavy atom. The standard InChI is InChI=1S/C15H24FN3O2/c1-2-3-6-21-7-4-5-18-11-12-8-13(15(17)19-20)10-14(16)9-12/h8-10,18,20H,2-7,11H2,1H3,(H2,17,19). The molecule has 0 fully saturated rings. The number of hydrogen-bond donors (Lipinski definition) is 3. The van der Waals surface area contributed by atoms with Gasteiger partial charge in [0.1, 0.15) is 5.82 Å². The summed E-state index contributed by atoms with van der Waals surface area (Å²) in [6.45, 7) is 4.99. The van der Waals surface area contributed by atoms with Crippen LogP contribution in [0.15, 0.2) is 23.4 Å². The van der Waals surface area contributed by atoms with E-state index in [1.807, 2.05) is 0 Å². The Bertz CT molecular complexity index is 453. The van der Waals surface area contributed by atoms with E-state index in [9.17, 15) is 4.39 Å². The molecular formula is C15H24FN3O2. The molecule has 118 valence electrons. The van der Waals surface area contributed by atoms with Crippen molar-refractivity contribution in [1.82, 2.24) is 5.32 Å². The van der Waals surface area contributed by atoms with E-state index in [2.05, 4.69) is 17.4 Å². The first-order valence-corrected chi connectivity index (χ1v) is 7.23. The fraction of sp³-hybridized carbons (Fsp3) is 0.533. The minimum Gasteiger partial charge on any atom is -0.409 e. The van der Waals surface area contributed by atoms with Crippen LogP contribution in [0.25, 0.3) is 0 Å². The highest BCUT2D eigenvalue weighted by Crippen LogP contribution is 2.09. The lowest BCUT2D eigenvalue weighted by Crippen LogP contribution is -2.18. The molecule has 1 aromatic rings. The predicted octanol–water partition coefficient (Wildman–Crippen LogP) is 2.22. The molecular weight excluding hydrogens is 273 g/mol. The molecule has 0 amide bonds. The summed E-state index contributed by atoms with van der Waals surface area (Å²) in [5.41, 5.74) is 6.59. The summed E-state index contributed by atoms with van der Waals surface area (Å²) >= 11 is 0. The van der Waals surface area contributed by atoms with Crippen molar-refractivity contribution in [2.75, 3.05) is 19.8 Å². The van der Waals surface area contributed by atoms with Crippen LogP contribution in [-0.2, 0) is 11.3 Å². The van der Waals surface area contributed by atoms with Gasteiger partial charge in [-0.05, 0) is 43.1 Å². The van der Waals surface area contributed by atoms with Crippen LogP contribution in [0.5, 0.6) is 0 Å². The van der Waals surface area contributed by atoms with Gasteiger partial charge in [-0.3, -0.25) is 0 Å². The third-order valence-electron chi connectivity index (χ3n) is 2.97. The third kappa shape index (κ3) is 7.06. The molecule has 0 radical (unpaired) electrons. The fourth-order valence-corrected chi connectivity index (χ4v) is 1.84. The average Bonchev–Trinajstić information content (AvgIpc) is 2.48. The molecule has 1 rings (SSSR count). The molecule has 4 N–H and O–H groups in total. The lowest BCUT2D eigenvalue weighted by molar-refractivity contribution is 0.129. The van der Waals surface area contributed by atoms with Gasteiger partial charge in [0, 0.05) is 25.3 Å². The van der Waals surface area contributed by atoms with Crippen molar-refractivity contribution < 1.29 is 14.3 Å². The SMILES string of the molecule is CCCCOCCCNCc1cc(F)cc(/C(N)=N/O)c1. The molecule has 21 heavy (non-hydrogen) atoms. The molecule has 1 aromatic carbocycles. The Morgan fingerprint density at radius 3 is 2.81 bits per heavy atom. The number of rotatable bonds is 10. The van der Waals surface area contributed by atoms with Gasteiger partial charge in [-0.2, -0.15) is 0 Å². The number of nitrogens with two attached hydrogens (primary N) is 1.